The molecule has 0 saturated carbocycles. The van der Waals surface area contributed by atoms with Crippen LogP contribution < -0.4 is 9.80 Å². The van der Waals surface area contributed by atoms with Crippen molar-refractivity contribution in [3.63, 3.8) is 0 Å². The van der Waals surface area contributed by atoms with E-state index in [4.69, 9.17) is 0 Å². The number of hydrogen-bond donors (Lipinski definition) is 0. The first-order chi connectivity index (χ1) is 11.9. The van der Waals surface area contributed by atoms with Gasteiger partial charge >= 0.3 is 0 Å². The summed E-state index contributed by atoms with van der Waals surface area (Å²) in [4.78, 5) is 19.6. The third-order valence-electron chi connectivity index (χ3n) is 4.18. The molecule has 0 bridgehead atoms. The topological polar surface area (TPSA) is 26.8 Å². The number of nitrogens with zero attached hydrogens (tertiary/aromatic N) is 3. The summed E-state index contributed by atoms with van der Waals surface area (Å²) < 4.78 is 0. The van der Waals surface area contributed by atoms with Crippen LogP contribution in [0.15, 0.2) is 53.4 Å². The molecule has 0 aliphatic heterocycles. The van der Waals surface area contributed by atoms with Crippen molar-refractivity contribution in [3.05, 3.63) is 54.1 Å². The lowest BCUT2D eigenvalue weighted by atomic mass is 10.2. The molecule has 4 nitrogen and oxygen atoms in total. The van der Waals surface area contributed by atoms with Gasteiger partial charge in [-0.3, -0.25) is 4.79 Å². The highest BCUT2D eigenvalue weighted by Gasteiger charge is 2.13. The number of benzene rings is 2. The van der Waals surface area contributed by atoms with Crippen molar-refractivity contribution in [1.29, 1.82) is 0 Å². The fourth-order valence-corrected chi connectivity index (χ4v) is 2.92. The standard InChI is InChI=1S/C20H27N3OS/c1-21(2)17-8-6-16(7-9-17)14-23(4)20(24)15-22(3)18-10-12-19(25-5)13-11-18/h6-13H,14-15H2,1-5H3. The van der Waals surface area contributed by atoms with Crippen LogP contribution in [0.5, 0.6) is 0 Å². The molecule has 0 aliphatic carbocycles. The average Bonchev–Trinajstić information content (AvgIpc) is 2.62. The van der Waals surface area contributed by atoms with E-state index < -0.39 is 0 Å². The molecule has 0 unspecified atom stereocenters. The van der Waals surface area contributed by atoms with Crippen molar-refractivity contribution in [1.82, 2.24) is 4.90 Å². The molecular weight excluding hydrogens is 330 g/mol. The molecule has 0 radical (unpaired) electrons. The Morgan fingerprint density at radius 2 is 1.44 bits per heavy atom. The van der Waals surface area contributed by atoms with Crippen LogP contribution in [-0.4, -0.2) is 51.8 Å². The fraction of sp³-hybridized carbons (Fsp3) is 0.350. The van der Waals surface area contributed by atoms with E-state index in [1.54, 1.807) is 16.7 Å². The Balaban J connectivity index is 1.92. The minimum Gasteiger partial charge on any atom is -0.378 e. The van der Waals surface area contributed by atoms with Crippen molar-refractivity contribution in [2.45, 2.75) is 11.4 Å². The van der Waals surface area contributed by atoms with Crippen molar-refractivity contribution in [2.75, 3.05) is 50.8 Å². The summed E-state index contributed by atoms with van der Waals surface area (Å²) in [6, 6.07) is 16.6. The van der Waals surface area contributed by atoms with Gasteiger partial charge in [0.15, 0.2) is 0 Å². The molecule has 2 aromatic rings. The van der Waals surface area contributed by atoms with Crippen LogP contribution in [0.25, 0.3) is 0 Å². The minimum absolute atomic E-state index is 0.105. The van der Waals surface area contributed by atoms with Gasteiger partial charge in [0.2, 0.25) is 5.91 Å². The van der Waals surface area contributed by atoms with Crippen molar-refractivity contribution >= 4 is 29.0 Å². The lowest BCUT2D eigenvalue weighted by Crippen LogP contribution is -2.36. The molecule has 0 fully saturated rings. The van der Waals surface area contributed by atoms with Gasteiger partial charge in [-0.1, -0.05) is 12.1 Å². The summed E-state index contributed by atoms with van der Waals surface area (Å²) in [7, 11) is 7.84. The molecule has 0 N–H and O–H groups in total. The maximum atomic E-state index is 12.5. The molecule has 5 heteroatoms. The Kier molecular flexibility index (Phi) is 6.76. The number of carbonyl (C=O) groups is 1. The number of likely N-dealkylation sites (N-methyl/N-ethyl adjacent to an activating group) is 2. The molecule has 0 saturated heterocycles. The highest BCUT2D eigenvalue weighted by atomic mass is 32.2. The van der Waals surface area contributed by atoms with E-state index in [-0.39, 0.29) is 5.91 Å². The van der Waals surface area contributed by atoms with Gasteiger partial charge < -0.3 is 14.7 Å². The van der Waals surface area contributed by atoms with Crippen LogP contribution in [-0.2, 0) is 11.3 Å². The zero-order valence-corrected chi connectivity index (χ0v) is 16.5. The van der Waals surface area contributed by atoms with Gasteiger partial charge in [0.25, 0.3) is 0 Å². The largest absolute Gasteiger partial charge is 0.378 e. The SMILES string of the molecule is CSc1ccc(N(C)CC(=O)N(C)Cc2ccc(N(C)C)cc2)cc1. The number of carbonyl (C=O) groups excluding carboxylic acids is 1. The Labute approximate surface area is 155 Å². The maximum Gasteiger partial charge on any atom is 0.242 e. The molecule has 0 aliphatic rings. The van der Waals surface area contributed by atoms with E-state index >= 15 is 0 Å². The Morgan fingerprint density at radius 3 is 1.96 bits per heavy atom. The Bertz CT molecular complexity index is 683. The third kappa shape index (κ3) is 5.43. The predicted molar refractivity (Wildman–Crippen MR) is 109 cm³/mol. The van der Waals surface area contributed by atoms with E-state index in [0.29, 0.717) is 13.1 Å². The van der Waals surface area contributed by atoms with Gasteiger partial charge in [0.05, 0.1) is 6.54 Å². The van der Waals surface area contributed by atoms with E-state index in [1.807, 2.05) is 33.1 Å². The zero-order chi connectivity index (χ0) is 18.4. The van der Waals surface area contributed by atoms with Gasteiger partial charge in [-0.2, -0.15) is 0 Å². The van der Waals surface area contributed by atoms with Crippen molar-refractivity contribution in [3.8, 4) is 0 Å². The van der Waals surface area contributed by atoms with Crippen molar-refractivity contribution in [2.24, 2.45) is 0 Å². The van der Waals surface area contributed by atoms with Crippen LogP contribution in [0.1, 0.15) is 5.56 Å². The zero-order valence-electron chi connectivity index (χ0n) is 15.7. The van der Waals surface area contributed by atoms with Crippen LogP contribution >= 0.6 is 11.8 Å². The number of hydrogen-bond acceptors (Lipinski definition) is 4. The molecule has 0 heterocycles. The molecule has 2 rings (SSSR count). The van der Waals surface area contributed by atoms with E-state index in [9.17, 15) is 4.79 Å². The summed E-state index contributed by atoms with van der Waals surface area (Å²) in [6.07, 6.45) is 2.06. The molecule has 2 aromatic carbocycles. The van der Waals surface area contributed by atoms with Gasteiger partial charge in [0.1, 0.15) is 0 Å². The number of amides is 1. The van der Waals surface area contributed by atoms with Gasteiger partial charge in [-0.05, 0) is 48.2 Å². The Hall–Kier alpha value is -2.14. The maximum absolute atomic E-state index is 12.5. The van der Waals surface area contributed by atoms with Gasteiger partial charge in [0, 0.05) is 51.0 Å². The summed E-state index contributed by atoms with van der Waals surface area (Å²) in [6.45, 7) is 0.983. The summed E-state index contributed by atoms with van der Waals surface area (Å²) >= 11 is 1.72. The second-order valence-corrected chi connectivity index (χ2v) is 7.24. The van der Waals surface area contributed by atoms with Crippen LogP contribution in [0.4, 0.5) is 11.4 Å². The minimum atomic E-state index is 0.105. The molecule has 0 atom stereocenters. The van der Waals surface area contributed by atoms with Crippen LogP contribution in [0.3, 0.4) is 0 Å². The van der Waals surface area contributed by atoms with Crippen LogP contribution in [0.2, 0.25) is 0 Å². The lowest BCUT2D eigenvalue weighted by molar-refractivity contribution is -0.128. The highest BCUT2D eigenvalue weighted by Crippen LogP contribution is 2.20. The third-order valence-corrected chi connectivity index (χ3v) is 4.93. The summed E-state index contributed by atoms with van der Waals surface area (Å²) in [5, 5.41) is 0. The molecule has 25 heavy (non-hydrogen) atoms. The highest BCUT2D eigenvalue weighted by molar-refractivity contribution is 7.98. The van der Waals surface area contributed by atoms with E-state index in [1.165, 1.54) is 4.90 Å². The second kappa shape index (κ2) is 8.81. The van der Waals surface area contributed by atoms with Crippen LogP contribution in [0, 0.1) is 0 Å². The molecule has 0 spiro atoms. The first kappa shape index (κ1) is 19.2. The monoisotopic (exact) mass is 357 g/mol. The second-order valence-electron chi connectivity index (χ2n) is 6.36. The molecule has 134 valence electrons. The fourth-order valence-electron chi connectivity index (χ4n) is 2.51. The quantitative estimate of drug-likeness (QED) is 0.708. The summed E-state index contributed by atoms with van der Waals surface area (Å²) in [5.74, 6) is 0.105. The van der Waals surface area contributed by atoms with Gasteiger partial charge in [-0.15, -0.1) is 11.8 Å². The lowest BCUT2D eigenvalue weighted by Gasteiger charge is -2.24. The Morgan fingerprint density at radius 1 is 0.880 bits per heavy atom. The normalized spacial score (nSPS) is 10.4. The number of thioether (sulfide) groups is 1. The molecule has 1 amide bonds. The molecule has 0 aromatic heterocycles. The van der Waals surface area contributed by atoms with Gasteiger partial charge in [-0.25, -0.2) is 0 Å². The number of anilines is 2. The molecular formula is C20H27N3OS. The van der Waals surface area contributed by atoms with Crippen molar-refractivity contribution < 1.29 is 4.79 Å². The van der Waals surface area contributed by atoms with E-state index in [0.717, 1.165) is 16.9 Å². The first-order valence-electron chi connectivity index (χ1n) is 8.26. The smallest absolute Gasteiger partial charge is 0.242 e. The average molecular weight is 358 g/mol. The predicted octanol–water partition coefficient (Wildman–Crippen LogP) is 3.57. The summed E-state index contributed by atoms with van der Waals surface area (Å²) in [5.41, 5.74) is 3.34. The number of rotatable bonds is 7. The van der Waals surface area contributed by atoms with E-state index in [2.05, 4.69) is 59.7 Å². The first-order valence-corrected chi connectivity index (χ1v) is 9.48.